The SMILES string of the molecule is C=C1C(=O)O[C@H]2[C@H]1CC[C@@]1(C)[C@H](O)C[C@H](OC(C)=O)[C@@](C)(O)[C@H]21. The van der Waals surface area contributed by atoms with Gasteiger partial charge in [-0.3, -0.25) is 4.79 Å². The molecule has 2 N–H and O–H groups in total. The molecule has 0 amide bonds. The highest BCUT2D eigenvalue weighted by molar-refractivity contribution is 5.91. The highest BCUT2D eigenvalue weighted by atomic mass is 16.6. The minimum absolute atomic E-state index is 0.157. The highest BCUT2D eigenvalue weighted by Gasteiger charge is 2.66. The third kappa shape index (κ3) is 2.22. The van der Waals surface area contributed by atoms with E-state index in [4.69, 9.17) is 9.47 Å². The Morgan fingerprint density at radius 1 is 1.43 bits per heavy atom. The van der Waals surface area contributed by atoms with Crippen molar-refractivity contribution in [3.05, 3.63) is 12.2 Å². The molecule has 6 heteroatoms. The van der Waals surface area contributed by atoms with Crippen molar-refractivity contribution in [1.82, 2.24) is 0 Å². The second-order valence-electron chi connectivity index (χ2n) is 7.60. The number of carbonyl (C=O) groups is 2. The minimum Gasteiger partial charge on any atom is -0.459 e. The lowest BCUT2D eigenvalue weighted by atomic mass is 9.50. The Labute approximate surface area is 135 Å². The largest absolute Gasteiger partial charge is 0.459 e. The summed E-state index contributed by atoms with van der Waals surface area (Å²) in [5, 5.41) is 21.8. The Morgan fingerprint density at radius 2 is 2.09 bits per heavy atom. The van der Waals surface area contributed by atoms with Gasteiger partial charge >= 0.3 is 11.9 Å². The van der Waals surface area contributed by atoms with Crippen LogP contribution in [0.2, 0.25) is 0 Å². The third-order valence-corrected chi connectivity index (χ3v) is 6.17. The molecule has 3 rings (SSSR count). The zero-order chi connectivity index (χ0) is 17.2. The summed E-state index contributed by atoms with van der Waals surface area (Å²) in [5.41, 5.74) is -1.57. The van der Waals surface area contributed by atoms with Crippen molar-refractivity contribution in [3.63, 3.8) is 0 Å². The molecular formula is C17H24O6. The van der Waals surface area contributed by atoms with Gasteiger partial charge < -0.3 is 19.7 Å². The molecule has 23 heavy (non-hydrogen) atoms. The van der Waals surface area contributed by atoms with Crippen LogP contribution in [-0.4, -0.2) is 46.1 Å². The lowest BCUT2D eigenvalue weighted by molar-refractivity contribution is -0.254. The molecule has 0 radical (unpaired) electrons. The van der Waals surface area contributed by atoms with Crippen molar-refractivity contribution in [3.8, 4) is 0 Å². The maximum atomic E-state index is 11.9. The van der Waals surface area contributed by atoms with Crippen LogP contribution in [0.25, 0.3) is 0 Å². The number of ether oxygens (including phenoxy) is 2. The zero-order valence-electron chi connectivity index (χ0n) is 13.7. The van der Waals surface area contributed by atoms with E-state index in [-0.39, 0.29) is 12.3 Å². The first-order valence-corrected chi connectivity index (χ1v) is 8.06. The second kappa shape index (κ2) is 5.05. The molecule has 1 saturated heterocycles. The molecule has 0 bridgehead atoms. The van der Waals surface area contributed by atoms with Gasteiger partial charge in [0.1, 0.15) is 17.8 Å². The monoisotopic (exact) mass is 324 g/mol. The van der Waals surface area contributed by atoms with Crippen molar-refractivity contribution in [2.45, 2.75) is 63.9 Å². The van der Waals surface area contributed by atoms with Crippen LogP contribution >= 0.6 is 0 Å². The molecule has 128 valence electrons. The summed E-state index contributed by atoms with van der Waals surface area (Å²) in [4.78, 5) is 23.3. The molecule has 1 aliphatic heterocycles. The van der Waals surface area contributed by atoms with E-state index in [1.807, 2.05) is 6.92 Å². The van der Waals surface area contributed by atoms with Gasteiger partial charge in [-0.25, -0.2) is 4.79 Å². The zero-order valence-corrected chi connectivity index (χ0v) is 13.7. The molecular weight excluding hydrogens is 300 g/mol. The Kier molecular flexibility index (Phi) is 3.61. The van der Waals surface area contributed by atoms with Crippen molar-refractivity contribution in [2.24, 2.45) is 17.3 Å². The second-order valence-corrected chi connectivity index (χ2v) is 7.60. The number of hydrogen-bond acceptors (Lipinski definition) is 6. The fourth-order valence-corrected chi connectivity index (χ4v) is 4.92. The summed E-state index contributed by atoms with van der Waals surface area (Å²) in [7, 11) is 0. The van der Waals surface area contributed by atoms with Gasteiger partial charge in [0, 0.05) is 36.2 Å². The van der Waals surface area contributed by atoms with Crippen LogP contribution in [0.5, 0.6) is 0 Å². The Bertz CT molecular complexity index is 567. The molecule has 2 aliphatic carbocycles. The molecule has 0 aromatic rings. The van der Waals surface area contributed by atoms with E-state index in [0.29, 0.717) is 18.4 Å². The smallest absolute Gasteiger partial charge is 0.334 e. The van der Waals surface area contributed by atoms with Crippen LogP contribution in [0.1, 0.15) is 40.0 Å². The molecule has 0 aromatic carbocycles. The van der Waals surface area contributed by atoms with Gasteiger partial charge in [0.15, 0.2) is 0 Å². The maximum Gasteiger partial charge on any atom is 0.334 e. The van der Waals surface area contributed by atoms with Crippen LogP contribution in [0.15, 0.2) is 12.2 Å². The van der Waals surface area contributed by atoms with Crippen LogP contribution in [0, 0.1) is 17.3 Å². The summed E-state index contributed by atoms with van der Waals surface area (Å²) in [6, 6.07) is 0. The lowest BCUT2D eigenvalue weighted by Gasteiger charge is -2.59. The van der Waals surface area contributed by atoms with Crippen LogP contribution < -0.4 is 0 Å². The Hall–Kier alpha value is -1.40. The van der Waals surface area contributed by atoms with Crippen molar-refractivity contribution in [1.29, 1.82) is 0 Å². The number of fused-ring (bicyclic) bond motifs is 3. The van der Waals surface area contributed by atoms with Gasteiger partial charge in [-0.15, -0.1) is 0 Å². The van der Waals surface area contributed by atoms with E-state index in [0.717, 1.165) is 0 Å². The first-order chi connectivity index (χ1) is 10.6. The van der Waals surface area contributed by atoms with E-state index >= 15 is 0 Å². The lowest BCUT2D eigenvalue weighted by Crippen LogP contribution is -2.68. The van der Waals surface area contributed by atoms with Gasteiger partial charge in [-0.05, 0) is 19.8 Å². The Morgan fingerprint density at radius 3 is 2.70 bits per heavy atom. The molecule has 3 fully saturated rings. The number of esters is 2. The van der Waals surface area contributed by atoms with Gasteiger partial charge in [0.2, 0.25) is 0 Å². The van der Waals surface area contributed by atoms with Crippen LogP contribution in [0.4, 0.5) is 0 Å². The average molecular weight is 324 g/mol. The van der Waals surface area contributed by atoms with E-state index in [9.17, 15) is 19.8 Å². The van der Waals surface area contributed by atoms with E-state index in [1.54, 1.807) is 6.92 Å². The number of rotatable bonds is 1. The minimum atomic E-state index is -1.39. The molecule has 1 heterocycles. The van der Waals surface area contributed by atoms with E-state index < -0.39 is 47.2 Å². The predicted molar refractivity (Wildman–Crippen MR) is 80.1 cm³/mol. The van der Waals surface area contributed by atoms with Crippen LogP contribution in [0.3, 0.4) is 0 Å². The van der Waals surface area contributed by atoms with Crippen molar-refractivity contribution in [2.75, 3.05) is 0 Å². The summed E-state index contributed by atoms with van der Waals surface area (Å²) >= 11 is 0. The third-order valence-electron chi connectivity index (χ3n) is 6.17. The summed E-state index contributed by atoms with van der Waals surface area (Å²) < 4.78 is 10.8. The van der Waals surface area contributed by atoms with Gasteiger partial charge in [-0.1, -0.05) is 13.5 Å². The standard InChI is InChI=1S/C17H24O6/c1-8-10-5-6-16(3)11(19)7-12(22-9(2)18)17(4,21)14(16)13(10)23-15(8)20/h10-14,19,21H,1,5-7H2,2-4H3/t10-,11+,12-,13-,14+,16-,17+/m0/s1. The number of hydrogen-bond donors (Lipinski definition) is 2. The molecule has 0 aromatic heterocycles. The van der Waals surface area contributed by atoms with Gasteiger partial charge in [0.05, 0.1) is 6.10 Å². The first kappa shape index (κ1) is 16.5. The maximum absolute atomic E-state index is 11.9. The van der Waals surface area contributed by atoms with E-state index in [1.165, 1.54) is 6.92 Å². The quantitative estimate of drug-likeness (QED) is 0.551. The molecule has 0 spiro atoms. The molecule has 3 aliphatic rings. The van der Waals surface area contributed by atoms with Crippen LogP contribution in [-0.2, 0) is 19.1 Å². The molecule has 6 nitrogen and oxygen atoms in total. The first-order valence-electron chi connectivity index (χ1n) is 8.06. The van der Waals surface area contributed by atoms with Gasteiger partial charge in [-0.2, -0.15) is 0 Å². The molecule has 7 atom stereocenters. The fourth-order valence-electron chi connectivity index (χ4n) is 4.92. The van der Waals surface area contributed by atoms with Crippen molar-refractivity contribution < 1.29 is 29.3 Å². The number of aliphatic hydroxyl groups excluding tert-OH is 1. The Balaban J connectivity index is 2.02. The number of carbonyl (C=O) groups excluding carboxylic acids is 2. The summed E-state index contributed by atoms with van der Waals surface area (Å²) in [6.07, 6.45) is -0.611. The molecule has 2 saturated carbocycles. The molecule has 0 unspecified atom stereocenters. The van der Waals surface area contributed by atoms with Gasteiger partial charge in [0.25, 0.3) is 0 Å². The number of aliphatic hydroxyl groups is 2. The summed E-state index contributed by atoms with van der Waals surface area (Å²) in [5.74, 6) is -1.63. The average Bonchev–Trinajstić information content (AvgIpc) is 2.71. The topological polar surface area (TPSA) is 93.1 Å². The highest BCUT2D eigenvalue weighted by Crippen LogP contribution is 2.59. The van der Waals surface area contributed by atoms with Crippen molar-refractivity contribution >= 4 is 11.9 Å². The predicted octanol–water partition coefficient (Wildman–Crippen LogP) is 0.948. The fraction of sp³-hybridized carbons (Fsp3) is 0.765. The summed E-state index contributed by atoms with van der Waals surface area (Å²) in [6.45, 7) is 8.60. The normalized spacial score (nSPS) is 49.2. The van der Waals surface area contributed by atoms with E-state index in [2.05, 4.69) is 6.58 Å².